The molecule has 4 rings (SSSR count). The Morgan fingerprint density at radius 1 is 1.07 bits per heavy atom. The molecular formula is C19H22N3O5+. The van der Waals surface area contributed by atoms with Crippen LogP contribution in [0.25, 0.3) is 0 Å². The van der Waals surface area contributed by atoms with Crippen molar-refractivity contribution in [3.8, 4) is 11.5 Å². The summed E-state index contributed by atoms with van der Waals surface area (Å²) in [4.78, 5) is 27.5. The van der Waals surface area contributed by atoms with Gasteiger partial charge in [0.15, 0.2) is 23.8 Å². The molecule has 2 aliphatic rings. The molecule has 0 unspecified atom stereocenters. The van der Waals surface area contributed by atoms with Gasteiger partial charge in [-0.1, -0.05) is 0 Å². The number of nitrogens with zero attached hydrogens (tertiary/aromatic N) is 1. The summed E-state index contributed by atoms with van der Waals surface area (Å²) in [6, 6.07) is 8.76. The van der Waals surface area contributed by atoms with Gasteiger partial charge in [0, 0.05) is 11.8 Å². The third-order valence-corrected chi connectivity index (χ3v) is 4.73. The molecule has 27 heavy (non-hydrogen) atoms. The van der Waals surface area contributed by atoms with Gasteiger partial charge in [-0.15, -0.1) is 0 Å². The van der Waals surface area contributed by atoms with E-state index in [0.29, 0.717) is 55.8 Å². The molecule has 0 bridgehead atoms. The quantitative estimate of drug-likeness (QED) is 0.791. The van der Waals surface area contributed by atoms with Gasteiger partial charge in [0.1, 0.15) is 13.2 Å². The van der Waals surface area contributed by atoms with E-state index in [9.17, 15) is 9.59 Å². The van der Waals surface area contributed by atoms with Gasteiger partial charge in [0.05, 0.1) is 32.4 Å². The van der Waals surface area contributed by atoms with E-state index in [1.54, 1.807) is 35.2 Å². The first kappa shape index (κ1) is 17.4. The van der Waals surface area contributed by atoms with Gasteiger partial charge in [-0.25, -0.2) is 0 Å². The minimum atomic E-state index is -0.0974. The summed E-state index contributed by atoms with van der Waals surface area (Å²) in [6.07, 6.45) is 1.50. The lowest BCUT2D eigenvalue weighted by Gasteiger charge is -2.31. The zero-order valence-corrected chi connectivity index (χ0v) is 14.9. The Labute approximate surface area is 156 Å². The summed E-state index contributed by atoms with van der Waals surface area (Å²) in [7, 11) is 0. The Morgan fingerprint density at radius 2 is 1.85 bits per heavy atom. The van der Waals surface area contributed by atoms with E-state index in [2.05, 4.69) is 5.32 Å². The van der Waals surface area contributed by atoms with Gasteiger partial charge < -0.3 is 29.0 Å². The number of benzene rings is 1. The van der Waals surface area contributed by atoms with Crippen molar-refractivity contribution >= 4 is 17.5 Å². The molecule has 8 heteroatoms. The number of carbonyl (C=O) groups is 2. The molecule has 2 amide bonds. The Kier molecular flexibility index (Phi) is 4.97. The molecule has 8 nitrogen and oxygen atoms in total. The number of hydrogen-bond donors (Lipinski definition) is 2. The highest BCUT2D eigenvalue weighted by atomic mass is 16.6. The van der Waals surface area contributed by atoms with Crippen LogP contribution in [-0.2, 0) is 4.79 Å². The summed E-state index contributed by atoms with van der Waals surface area (Å²) >= 11 is 0. The SMILES string of the molecule is O=C(C[NH+]1CCN(C(=O)c2ccco2)CC1)Nc1ccc2c(c1)OCCO2. The molecule has 0 atom stereocenters. The fourth-order valence-electron chi connectivity index (χ4n) is 3.31. The lowest BCUT2D eigenvalue weighted by atomic mass is 10.2. The van der Waals surface area contributed by atoms with Gasteiger partial charge in [-0.05, 0) is 24.3 Å². The largest absolute Gasteiger partial charge is 0.486 e. The fraction of sp³-hybridized carbons (Fsp3) is 0.368. The molecule has 142 valence electrons. The second-order valence-electron chi connectivity index (χ2n) is 6.60. The minimum absolute atomic E-state index is 0.0625. The van der Waals surface area contributed by atoms with Crippen molar-refractivity contribution in [1.29, 1.82) is 0 Å². The molecule has 2 N–H and O–H groups in total. The van der Waals surface area contributed by atoms with Gasteiger partial charge in [0.2, 0.25) is 0 Å². The number of quaternary nitrogens is 1. The predicted molar refractivity (Wildman–Crippen MR) is 96.2 cm³/mol. The molecule has 1 saturated heterocycles. The maximum absolute atomic E-state index is 12.4. The number of piperazine rings is 1. The van der Waals surface area contributed by atoms with Crippen LogP contribution in [0.15, 0.2) is 41.0 Å². The Hall–Kier alpha value is -3.00. The number of anilines is 1. The number of nitrogens with one attached hydrogen (secondary N) is 2. The smallest absolute Gasteiger partial charge is 0.289 e. The van der Waals surface area contributed by atoms with Crippen LogP contribution >= 0.6 is 0 Å². The molecule has 1 aromatic carbocycles. The van der Waals surface area contributed by atoms with Crippen molar-refractivity contribution in [1.82, 2.24) is 4.90 Å². The first-order chi connectivity index (χ1) is 13.2. The predicted octanol–water partition coefficient (Wildman–Crippen LogP) is 0.0302. The summed E-state index contributed by atoms with van der Waals surface area (Å²) in [5.74, 6) is 1.54. The van der Waals surface area contributed by atoms with Gasteiger partial charge in [-0.3, -0.25) is 9.59 Å². The number of fused-ring (bicyclic) bond motifs is 1. The van der Waals surface area contributed by atoms with E-state index in [4.69, 9.17) is 13.9 Å². The van der Waals surface area contributed by atoms with E-state index in [-0.39, 0.29) is 11.8 Å². The van der Waals surface area contributed by atoms with Gasteiger partial charge in [-0.2, -0.15) is 0 Å². The molecule has 2 aromatic rings. The van der Waals surface area contributed by atoms with E-state index in [1.807, 2.05) is 0 Å². The zero-order valence-electron chi connectivity index (χ0n) is 14.9. The Morgan fingerprint density at radius 3 is 2.59 bits per heavy atom. The summed E-state index contributed by atoms with van der Waals surface area (Å²) in [5.41, 5.74) is 0.690. The standard InChI is InChI=1S/C19H21N3O5/c23-18(20-14-3-4-15-17(12-14)27-11-10-26-15)13-21-5-7-22(8-6-21)19(24)16-2-1-9-25-16/h1-4,9,12H,5-8,10-11,13H2,(H,20,23)/p+1. The van der Waals surface area contributed by atoms with Crippen molar-refractivity contribution in [2.45, 2.75) is 0 Å². The lowest BCUT2D eigenvalue weighted by Crippen LogP contribution is -3.15. The molecule has 1 fully saturated rings. The van der Waals surface area contributed by atoms with Crippen molar-refractivity contribution in [2.75, 3.05) is 51.3 Å². The molecule has 2 aliphatic heterocycles. The third kappa shape index (κ3) is 4.06. The molecule has 0 radical (unpaired) electrons. The second-order valence-corrected chi connectivity index (χ2v) is 6.60. The average Bonchev–Trinajstić information content (AvgIpc) is 3.23. The highest BCUT2D eigenvalue weighted by molar-refractivity contribution is 5.92. The number of furan rings is 1. The topological polar surface area (TPSA) is 85.5 Å². The molecule has 0 spiro atoms. The van der Waals surface area contributed by atoms with E-state index < -0.39 is 0 Å². The molecule has 0 saturated carbocycles. The van der Waals surface area contributed by atoms with Crippen LogP contribution in [0.4, 0.5) is 5.69 Å². The van der Waals surface area contributed by atoms with Crippen LogP contribution in [-0.4, -0.2) is 62.7 Å². The second kappa shape index (κ2) is 7.71. The van der Waals surface area contributed by atoms with Crippen LogP contribution in [0.1, 0.15) is 10.6 Å². The van der Waals surface area contributed by atoms with Crippen molar-refractivity contribution < 1.29 is 28.4 Å². The third-order valence-electron chi connectivity index (χ3n) is 4.73. The van der Waals surface area contributed by atoms with Crippen molar-refractivity contribution in [3.63, 3.8) is 0 Å². The maximum Gasteiger partial charge on any atom is 0.289 e. The van der Waals surface area contributed by atoms with E-state index >= 15 is 0 Å². The number of carbonyl (C=O) groups excluding carboxylic acids is 2. The highest BCUT2D eigenvalue weighted by Crippen LogP contribution is 2.32. The highest BCUT2D eigenvalue weighted by Gasteiger charge is 2.27. The van der Waals surface area contributed by atoms with Crippen molar-refractivity contribution in [2.24, 2.45) is 0 Å². The van der Waals surface area contributed by atoms with Crippen LogP contribution in [0.5, 0.6) is 11.5 Å². The zero-order chi connectivity index (χ0) is 18.6. The van der Waals surface area contributed by atoms with E-state index in [1.165, 1.54) is 6.26 Å². The van der Waals surface area contributed by atoms with Crippen LogP contribution in [0, 0.1) is 0 Å². The molecular weight excluding hydrogens is 350 g/mol. The summed E-state index contributed by atoms with van der Waals surface area (Å²) < 4.78 is 16.2. The van der Waals surface area contributed by atoms with Gasteiger partial charge >= 0.3 is 0 Å². The first-order valence-corrected chi connectivity index (χ1v) is 9.05. The number of amides is 2. The Bertz CT molecular complexity index is 813. The molecule has 3 heterocycles. The first-order valence-electron chi connectivity index (χ1n) is 9.05. The normalized spacial score (nSPS) is 16.8. The fourth-order valence-corrected chi connectivity index (χ4v) is 3.31. The summed E-state index contributed by atoms with van der Waals surface area (Å²) in [6.45, 7) is 4.06. The summed E-state index contributed by atoms with van der Waals surface area (Å²) in [5, 5.41) is 2.90. The monoisotopic (exact) mass is 372 g/mol. The number of ether oxygens (including phenoxy) is 2. The van der Waals surface area contributed by atoms with Crippen molar-refractivity contribution in [3.05, 3.63) is 42.4 Å². The lowest BCUT2D eigenvalue weighted by molar-refractivity contribution is -0.895. The van der Waals surface area contributed by atoms with Crippen LogP contribution in [0.3, 0.4) is 0 Å². The van der Waals surface area contributed by atoms with E-state index in [0.717, 1.165) is 18.0 Å². The maximum atomic E-state index is 12.4. The van der Waals surface area contributed by atoms with Crippen LogP contribution in [0.2, 0.25) is 0 Å². The average molecular weight is 372 g/mol. The number of hydrogen-bond acceptors (Lipinski definition) is 5. The van der Waals surface area contributed by atoms with Gasteiger partial charge in [0.25, 0.3) is 11.8 Å². The van der Waals surface area contributed by atoms with Crippen LogP contribution < -0.4 is 19.7 Å². The number of rotatable bonds is 4. The molecule has 0 aliphatic carbocycles. The Balaban J connectivity index is 1.26. The minimum Gasteiger partial charge on any atom is -0.486 e. The molecule has 1 aromatic heterocycles.